The van der Waals surface area contributed by atoms with Crippen LogP contribution in [-0.2, 0) is 11.3 Å². The van der Waals surface area contributed by atoms with Gasteiger partial charge in [0.2, 0.25) is 5.91 Å². The van der Waals surface area contributed by atoms with Crippen LogP contribution in [0.15, 0.2) is 59.4 Å². The molecule has 3 rings (SSSR count). The van der Waals surface area contributed by atoms with E-state index >= 15 is 0 Å². The van der Waals surface area contributed by atoms with Crippen LogP contribution in [0.2, 0.25) is 10.0 Å². The lowest BCUT2D eigenvalue weighted by Gasteiger charge is -2.10. The molecule has 1 aromatic heterocycles. The monoisotopic (exact) mass is 446 g/mol. The van der Waals surface area contributed by atoms with Crippen molar-refractivity contribution in [3.05, 3.63) is 80.7 Å². The zero-order valence-corrected chi connectivity index (χ0v) is 17.2. The van der Waals surface area contributed by atoms with E-state index in [2.05, 4.69) is 15.7 Å². The van der Waals surface area contributed by atoms with Gasteiger partial charge < -0.3 is 15.4 Å². The zero-order valence-electron chi connectivity index (χ0n) is 15.7. The number of ether oxygens (including phenoxy) is 1. The van der Waals surface area contributed by atoms with Gasteiger partial charge in [-0.3, -0.25) is 14.4 Å². The molecule has 0 saturated carbocycles. The van der Waals surface area contributed by atoms with Crippen LogP contribution in [0.4, 0.5) is 11.4 Å². The normalized spacial score (nSPS) is 10.4. The largest absolute Gasteiger partial charge is 0.497 e. The van der Waals surface area contributed by atoms with Gasteiger partial charge >= 0.3 is 0 Å². The van der Waals surface area contributed by atoms with Crippen LogP contribution in [0.1, 0.15) is 10.5 Å². The van der Waals surface area contributed by atoms with E-state index in [1.165, 1.54) is 25.3 Å². The highest BCUT2D eigenvalue weighted by Crippen LogP contribution is 2.25. The van der Waals surface area contributed by atoms with Crippen LogP contribution in [0.25, 0.3) is 0 Å². The highest BCUT2D eigenvalue weighted by Gasteiger charge is 2.13. The van der Waals surface area contributed by atoms with Crippen molar-refractivity contribution in [2.24, 2.45) is 0 Å². The molecule has 2 N–H and O–H groups in total. The molecule has 3 aromatic rings. The summed E-state index contributed by atoms with van der Waals surface area (Å²) in [5.74, 6) is -0.445. The van der Waals surface area contributed by atoms with E-state index in [-0.39, 0.29) is 5.69 Å². The summed E-state index contributed by atoms with van der Waals surface area (Å²) >= 11 is 11.9. The number of rotatable bonds is 6. The van der Waals surface area contributed by atoms with Gasteiger partial charge in [0.15, 0.2) is 0 Å². The summed E-state index contributed by atoms with van der Waals surface area (Å²) in [7, 11) is 1.54. The number of benzene rings is 2. The number of carbonyl (C=O) groups is 2. The fourth-order valence-electron chi connectivity index (χ4n) is 2.47. The van der Waals surface area contributed by atoms with Crippen molar-refractivity contribution in [2.45, 2.75) is 6.54 Å². The lowest BCUT2D eigenvalue weighted by molar-refractivity contribution is -0.117. The molecule has 0 atom stereocenters. The topological polar surface area (TPSA) is 102 Å². The smallest absolute Gasteiger partial charge is 0.276 e. The maximum Gasteiger partial charge on any atom is 0.276 e. The second kappa shape index (κ2) is 9.43. The number of halogens is 2. The van der Waals surface area contributed by atoms with Crippen molar-refractivity contribution in [3.63, 3.8) is 0 Å². The van der Waals surface area contributed by atoms with Crippen molar-refractivity contribution >= 4 is 46.4 Å². The van der Waals surface area contributed by atoms with Gasteiger partial charge in [-0.2, -0.15) is 5.10 Å². The molecular formula is C20H16Cl2N4O4. The zero-order chi connectivity index (χ0) is 21.7. The fourth-order valence-corrected chi connectivity index (χ4v) is 2.81. The van der Waals surface area contributed by atoms with E-state index in [0.717, 1.165) is 10.7 Å². The quantitative estimate of drug-likeness (QED) is 0.603. The Morgan fingerprint density at radius 3 is 2.47 bits per heavy atom. The van der Waals surface area contributed by atoms with Gasteiger partial charge in [-0.15, -0.1) is 0 Å². The number of nitrogens with zero attached hydrogens (tertiary/aromatic N) is 2. The molecule has 0 aliphatic carbocycles. The summed E-state index contributed by atoms with van der Waals surface area (Å²) in [5.41, 5.74) is 0.256. The Hall–Kier alpha value is -3.36. The number of hydrogen-bond acceptors (Lipinski definition) is 5. The predicted molar refractivity (Wildman–Crippen MR) is 115 cm³/mol. The maximum absolute atomic E-state index is 12.4. The summed E-state index contributed by atoms with van der Waals surface area (Å²) in [5, 5.41) is 9.87. The fraction of sp³-hybridized carbons (Fsp3) is 0.100. The molecule has 10 heteroatoms. The van der Waals surface area contributed by atoms with Gasteiger partial charge in [-0.25, -0.2) is 4.68 Å². The van der Waals surface area contributed by atoms with Gasteiger partial charge in [0.25, 0.3) is 11.5 Å². The molecule has 1 heterocycles. The lowest BCUT2D eigenvalue weighted by atomic mass is 10.3. The van der Waals surface area contributed by atoms with E-state index in [9.17, 15) is 14.4 Å². The minimum absolute atomic E-state index is 0.0287. The maximum atomic E-state index is 12.4. The number of carbonyl (C=O) groups excluding carboxylic acids is 2. The first-order valence-corrected chi connectivity index (χ1v) is 9.40. The van der Waals surface area contributed by atoms with E-state index in [4.69, 9.17) is 27.9 Å². The number of amides is 2. The van der Waals surface area contributed by atoms with Crippen molar-refractivity contribution in [2.75, 3.05) is 17.7 Å². The third-order valence-electron chi connectivity index (χ3n) is 3.94. The minimum Gasteiger partial charge on any atom is -0.497 e. The van der Waals surface area contributed by atoms with Crippen LogP contribution in [-0.4, -0.2) is 28.7 Å². The molecule has 0 spiro atoms. The summed E-state index contributed by atoms with van der Waals surface area (Å²) in [4.78, 5) is 36.8. The molecule has 0 aliphatic heterocycles. The average molecular weight is 447 g/mol. The number of hydrogen-bond donors (Lipinski definition) is 2. The first kappa shape index (κ1) is 21.4. The Morgan fingerprint density at radius 2 is 1.77 bits per heavy atom. The second-order valence-electron chi connectivity index (χ2n) is 6.07. The van der Waals surface area contributed by atoms with Crippen LogP contribution in [0.3, 0.4) is 0 Å². The predicted octanol–water partition coefficient (Wildman–Crippen LogP) is 3.45. The number of nitrogens with one attached hydrogen (secondary N) is 2. The second-order valence-corrected chi connectivity index (χ2v) is 6.91. The molecular weight excluding hydrogens is 431 g/mol. The van der Waals surface area contributed by atoms with Gasteiger partial charge in [-0.1, -0.05) is 23.2 Å². The van der Waals surface area contributed by atoms with E-state index in [1.807, 2.05) is 0 Å². The highest BCUT2D eigenvalue weighted by molar-refractivity contribution is 6.35. The first-order chi connectivity index (χ1) is 14.4. The molecule has 0 bridgehead atoms. The van der Waals surface area contributed by atoms with Gasteiger partial charge in [0, 0.05) is 16.8 Å². The Morgan fingerprint density at radius 1 is 1.03 bits per heavy atom. The molecule has 0 saturated heterocycles. The SMILES string of the molecule is COc1ccc(NC(=O)c2ccc(=O)n(CC(=O)Nc3cc(Cl)ccc3Cl)n2)cc1. The Bertz CT molecular complexity index is 1150. The third kappa shape index (κ3) is 5.37. The molecule has 8 nitrogen and oxygen atoms in total. The Kier molecular flexibility index (Phi) is 6.71. The molecule has 2 amide bonds. The number of anilines is 2. The summed E-state index contributed by atoms with van der Waals surface area (Å²) in [6, 6.07) is 13.7. The molecule has 154 valence electrons. The van der Waals surface area contributed by atoms with Crippen molar-refractivity contribution in [1.82, 2.24) is 9.78 Å². The van der Waals surface area contributed by atoms with Gasteiger partial charge in [0.05, 0.1) is 17.8 Å². The first-order valence-electron chi connectivity index (χ1n) is 8.64. The average Bonchev–Trinajstić information content (AvgIpc) is 2.73. The Balaban J connectivity index is 1.72. The Labute approximate surface area is 181 Å². The standard InChI is InChI=1S/C20H16Cl2N4O4/c1-30-14-5-3-13(4-6-14)23-20(29)16-8-9-19(28)26(25-16)11-18(27)24-17-10-12(21)2-7-15(17)22/h2-10H,11H2,1H3,(H,23,29)(H,24,27). The summed E-state index contributed by atoms with van der Waals surface area (Å²) < 4.78 is 5.95. The minimum atomic E-state index is -0.554. The van der Waals surface area contributed by atoms with Crippen molar-refractivity contribution in [1.29, 1.82) is 0 Å². The molecule has 30 heavy (non-hydrogen) atoms. The van der Waals surface area contributed by atoms with Gasteiger partial charge in [-0.05, 0) is 48.5 Å². The van der Waals surface area contributed by atoms with Crippen LogP contribution in [0, 0.1) is 0 Å². The molecule has 0 fully saturated rings. The molecule has 0 aliphatic rings. The third-order valence-corrected chi connectivity index (χ3v) is 4.51. The van der Waals surface area contributed by atoms with Crippen LogP contribution in [0.5, 0.6) is 5.75 Å². The highest BCUT2D eigenvalue weighted by atomic mass is 35.5. The van der Waals surface area contributed by atoms with E-state index in [1.54, 1.807) is 30.3 Å². The molecule has 0 unspecified atom stereocenters. The molecule has 2 aromatic carbocycles. The van der Waals surface area contributed by atoms with Crippen LogP contribution >= 0.6 is 23.2 Å². The van der Waals surface area contributed by atoms with Crippen molar-refractivity contribution in [3.8, 4) is 5.75 Å². The summed E-state index contributed by atoms with van der Waals surface area (Å²) in [6.07, 6.45) is 0. The lowest BCUT2D eigenvalue weighted by Crippen LogP contribution is -2.31. The summed E-state index contributed by atoms with van der Waals surface area (Å²) in [6.45, 7) is -0.411. The van der Waals surface area contributed by atoms with Crippen LogP contribution < -0.4 is 20.9 Å². The van der Waals surface area contributed by atoms with E-state index in [0.29, 0.717) is 27.2 Å². The number of methoxy groups -OCH3 is 1. The van der Waals surface area contributed by atoms with Crippen molar-refractivity contribution < 1.29 is 14.3 Å². The van der Waals surface area contributed by atoms with E-state index < -0.39 is 23.9 Å². The van der Waals surface area contributed by atoms with Gasteiger partial charge in [0.1, 0.15) is 18.0 Å². The number of aromatic nitrogens is 2. The molecule has 0 radical (unpaired) electrons.